The maximum atomic E-state index is 12.4. The number of halogens is 1. The molecule has 0 unspecified atom stereocenters. The summed E-state index contributed by atoms with van der Waals surface area (Å²) in [6.45, 7) is 1.84. The Hall–Kier alpha value is -3.37. The van der Waals surface area contributed by atoms with Crippen molar-refractivity contribution in [3.8, 4) is 23.3 Å². The van der Waals surface area contributed by atoms with E-state index in [1.165, 1.54) is 27.5 Å². The molecule has 0 aliphatic carbocycles. The van der Waals surface area contributed by atoms with Crippen LogP contribution in [0.3, 0.4) is 0 Å². The van der Waals surface area contributed by atoms with Crippen molar-refractivity contribution in [3.05, 3.63) is 52.7 Å². The van der Waals surface area contributed by atoms with E-state index in [-0.39, 0.29) is 5.57 Å². The van der Waals surface area contributed by atoms with Crippen molar-refractivity contribution in [1.82, 2.24) is 0 Å². The average molecular weight is 402 g/mol. The van der Waals surface area contributed by atoms with Crippen molar-refractivity contribution >= 4 is 28.9 Å². The Balaban J connectivity index is 2.20. The molecule has 0 aliphatic rings. The van der Waals surface area contributed by atoms with E-state index in [0.29, 0.717) is 33.6 Å². The highest BCUT2D eigenvalue weighted by Gasteiger charge is 2.13. The van der Waals surface area contributed by atoms with Crippen LogP contribution in [0.4, 0.5) is 11.4 Å². The van der Waals surface area contributed by atoms with Crippen LogP contribution in [0.15, 0.2) is 42.1 Å². The van der Waals surface area contributed by atoms with Gasteiger partial charge in [-0.2, -0.15) is 5.26 Å². The minimum atomic E-state index is -0.577. The van der Waals surface area contributed by atoms with Crippen LogP contribution >= 0.6 is 11.6 Å². The molecule has 0 aromatic heterocycles. The van der Waals surface area contributed by atoms with Gasteiger partial charge in [0.1, 0.15) is 17.4 Å². The molecule has 0 saturated heterocycles. The van der Waals surface area contributed by atoms with Crippen molar-refractivity contribution in [3.63, 3.8) is 0 Å². The first-order valence-electron chi connectivity index (χ1n) is 8.17. The number of nitriles is 1. The average Bonchev–Trinajstić information content (AvgIpc) is 2.70. The molecule has 2 aromatic carbocycles. The molecule has 0 radical (unpaired) electrons. The van der Waals surface area contributed by atoms with Crippen molar-refractivity contribution < 1.29 is 19.0 Å². The Bertz CT molecular complexity index is 951. The van der Waals surface area contributed by atoms with Gasteiger partial charge >= 0.3 is 0 Å². The molecule has 2 N–H and O–H groups in total. The Kier molecular flexibility index (Phi) is 7.13. The highest BCUT2D eigenvalue weighted by atomic mass is 35.5. The first-order chi connectivity index (χ1) is 13.4. The fraction of sp³-hybridized carbons (Fsp3) is 0.200. The van der Waals surface area contributed by atoms with Gasteiger partial charge in [-0.15, -0.1) is 0 Å². The molecule has 0 aliphatic heterocycles. The van der Waals surface area contributed by atoms with Crippen LogP contribution in [0.2, 0.25) is 5.02 Å². The number of ether oxygens (including phenoxy) is 3. The standard InChI is InChI=1S/C20H20ClN3O4/c1-12-7-16(18(27-3)9-15(12)21)23-11-13(10-22)20(25)24-14-5-6-17(26-2)19(8-14)28-4/h5-9,11,23H,1-4H3,(H,24,25)/b13-11-. The SMILES string of the molecule is COc1cc(Cl)c(C)cc1N/C=C(/C#N)C(=O)Nc1ccc(OC)c(OC)c1. The minimum Gasteiger partial charge on any atom is -0.495 e. The Morgan fingerprint density at radius 2 is 1.75 bits per heavy atom. The zero-order valence-electron chi connectivity index (χ0n) is 15.9. The summed E-state index contributed by atoms with van der Waals surface area (Å²) >= 11 is 6.08. The Labute approximate surface area is 168 Å². The van der Waals surface area contributed by atoms with Gasteiger partial charge in [-0.05, 0) is 30.7 Å². The maximum Gasteiger partial charge on any atom is 0.267 e. The maximum absolute atomic E-state index is 12.4. The number of aryl methyl sites for hydroxylation is 1. The second-order valence-electron chi connectivity index (χ2n) is 5.64. The van der Waals surface area contributed by atoms with Gasteiger partial charge in [0.2, 0.25) is 0 Å². The number of benzene rings is 2. The highest BCUT2D eigenvalue weighted by Crippen LogP contribution is 2.31. The minimum absolute atomic E-state index is 0.121. The van der Waals surface area contributed by atoms with Crippen LogP contribution in [0.25, 0.3) is 0 Å². The lowest BCUT2D eigenvalue weighted by Crippen LogP contribution is -2.14. The molecule has 146 valence electrons. The van der Waals surface area contributed by atoms with Gasteiger partial charge in [0.25, 0.3) is 5.91 Å². The normalized spacial score (nSPS) is 10.6. The summed E-state index contributed by atoms with van der Waals surface area (Å²) < 4.78 is 15.6. The number of rotatable bonds is 7. The second-order valence-corrected chi connectivity index (χ2v) is 6.05. The number of hydrogen-bond donors (Lipinski definition) is 2. The smallest absolute Gasteiger partial charge is 0.267 e. The molecule has 2 aromatic rings. The lowest BCUT2D eigenvalue weighted by atomic mass is 10.2. The molecular formula is C20H20ClN3O4. The first kappa shape index (κ1) is 20.9. The van der Waals surface area contributed by atoms with Gasteiger partial charge in [-0.3, -0.25) is 4.79 Å². The summed E-state index contributed by atoms with van der Waals surface area (Å²) in [4.78, 5) is 12.4. The second kappa shape index (κ2) is 9.53. The Morgan fingerprint density at radius 3 is 2.36 bits per heavy atom. The van der Waals surface area contributed by atoms with E-state index < -0.39 is 5.91 Å². The molecule has 0 spiro atoms. The van der Waals surface area contributed by atoms with Crippen molar-refractivity contribution in [2.24, 2.45) is 0 Å². The number of nitrogens with zero attached hydrogens (tertiary/aromatic N) is 1. The fourth-order valence-electron chi connectivity index (χ4n) is 2.36. The summed E-state index contributed by atoms with van der Waals surface area (Å²) in [6.07, 6.45) is 1.31. The van der Waals surface area contributed by atoms with E-state index in [1.807, 2.05) is 13.0 Å². The molecule has 7 nitrogen and oxygen atoms in total. The number of carbonyl (C=O) groups excluding carboxylic acids is 1. The van der Waals surface area contributed by atoms with Gasteiger partial charge in [0, 0.05) is 29.0 Å². The molecule has 28 heavy (non-hydrogen) atoms. The van der Waals surface area contributed by atoms with Gasteiger partial charge in [-0.25, -0.2) is 0 Å². The summed E-state index contributed by atoms with van der Waals surface area (Å²) in [7, 11) is 4.52. The zero-order chi connectivity index (χ0) is 20.7. The number of amides is 1. The first-order valence-corrected chi connectivity index (χ1v) is 8.55. The van der Waals surface area contributed by atoms with Gasteiger partial charge in [0.15, 0.2) is 11.5 Å². The third-order valence-corrected chi connectivity index (χ3v) is 4.27. The molecule has 1 amide bonds. The summed E-state index contributed by atoms with van der Waals surface area (Å²) in [5.74, 6) is 0.905. The van der Waals surface area contributed by atoms with Crippen LogP contribution in [0.5, 0.6) is 17.2 Å². The third kappa shape index (κ3) is 4.87. The summed E-state index contributed by atoms with van der Waals surface area (Å²) in [6, 6.07) is 10.2. The van der Waals surface area contributed by atoms with Crippen molar-refractivity contribution in [2.45, 2.75) is 6.92 Å². The topological polar surface area (TPSA) is 92.6 Å². The quantitative estimate of drug-likeness (QED) is 0.535. The number of methoxy groups -OCH3 is 3. The zero-order valence-corrected chi connectivity index (χ0v) is 16.7. The molecule has 0 fully saturated rings. The van der Waals surface area contributed by atoms with E-state index in [1.54, 1.807) is 30.3 Å². The number of hydrogen-bond acceptors (Lipinski definition) is 6. The lowest BCUT2D eigenvalue weighted by Gasteiger charge is -2.12. The van der Waals surface area contributed by atoms with E-state index >= 15 is 0 Å². The molecule has 0 bridgehead atoms. The van der Waals surface area contributed by atoms with Crippen LogP contribution < -0.4 is 24.8 Å². The van der Waals surface area contributed by atoms with E-state index in [4.69, 9.17) is 25.8 Å². The van der Waals surface area contributed by atoms with E-state index in [2.05, 4.69) is 10.6 Å². The number of nitrogens with one attached hydrogen (secondary N) is 2. The lowest BCUT2D eigenvalue weighted by molar-refractivity contribution is -0.112. The van der Waals surface area contributed by atoms with Crippen molar-refractivity contribution in [1.29, 1.82) is 5.26 Å². The molecule has 8 heteroatoms. The monoisotopic (exact) mass is 401 g/mol. The van der Waals surface area contributed by atoms with Crippen LogP contribution in [0.1, 0.15) is 5.56 Å². The number of carbonyl (C=O) groups is 1. The molecular weight excluding hydrogens is 382 g/mol. The molecule has 2 rings (SSSR count). The highest BCUT2D eigenvalue weighted by molar-refractivity contribution is 6.31. The molecule has 0 saturated carbocycles. The number of anilines is 2. The van der Waals surface area contributed by atoms with E-state index in [9.17, 15) is 10.1 Å². The molecule has 0 atom stereocenters. The summed E-state index contributed by atoms with van der Waals surface area (Å²) in [5, 5.41) is 15.5. The largest absolute Gasteiger partial charge is 0.495 e. The van der Waals surface area contributed by atoms with E-state index in [0.717, 1.165) is 5.56 Å². The van der Waals surface area contributed by atoms with Gasteiger partial charge in [0.05, 0.1) is 27.0 Å². The van der Waals surface area contributed by atoms with Crippen LogP contribution in [-0.4, -0.2) is 27.2 Å². The molecule has 0 heterocycles. The van der Waals surface area contributed by atoms with Crippen molar-refractivity contribution in [2.75, 3.05) is 32.0 Å². The third-order valence-electron chi connectivity index (χ3n) is 3.86. The van der Waals surface area contributed by atoms with Gasteiger partial charge in [-0.1, -0.05) is 11.6 Å². The predicted molar refractivity (Wildman–Crippen MR) is 108 cm³/mol. The Morgan fingerprint density at radius 1 is 1.07 bits per heavy atom. The predicted octanol–water partition coefficient (Wildman–Crippen LogP) is 4.13. The van der Waals surface area contributed by atoms with Crippen LogP contribution in [-0.2, 0) is 4.79 Å². The summed E-state index contributed by atoms with van der Waals surface area (Å²) in [5.41, 5.74) is 1.75. The fourth-order valence-corrected chi connectivity index (χ4v) is 2.51. The van der Waals surface area contributed by atoms with Gasteiger partial charge < -0.3 is 24.8 Å². The van der Waals surface area contributed by atoms with Crippen LogP contribution in [0, 0.1) is 18.3 Å².